The number of nitrogens with zero attached hydrogens (tertiary/aromatic N) is 3. The predicted octanol–water partition coefficient (Wildman–Crippen LogP) is 2.55. The van der Waals surface area contributed by atoms with E-state index in [0.29, 0.717) is 22.2 Å². The molecule has 41 heavy (non-hydrogen) atoms. The number of anilines is 1. The minimum atomic E-state index is -4.00. The molecule has 0 spiro atoms. The van der Waals surface area contributed by atoms with Gasteiger partial charge in [-0.2, -0.15) is 5.10 Å². The highest BCUT2D eigenvalue weighted by Crippen LogP contribution is 2.37. The fourth-order valence-electron chi connectivity index (χ4n) is 4.51. The highest BCUT2D eigenvalue weighted by Gasteiger charge is 2.27. The zero-order valence-electron chi connectivity index (χ0n) is 21.7. The Kier molecular flexibility index (Phi) is 7.38. The Hall–Kier alpha value is -4.53. The largest absolute Gasteiger partial charge is 0.491 e. The van der Waals surface area contributed by atoms with Gasteiger partial charge in [0.15, 0.2) is 0 Å². The lowest BCUT2D eigenvalue weighted by molar-refractivity contribution is 0.0965. The first-order valence-electron chi connectivity index (χ1n) is 12.2. The molecule has 2 aromatic carbocycles. The summed E-state index contributed by atoms with van der Waals surface area (Å²) in [5, 5.41) is 25.8. The van der Waals surface area contributed by atoms with E-state index in [1.165, 1.54) is 60.6 Å². The van der Waals surface area contributed by atoms with Gasteiger partial charge in [0.25, 0.3) is 5.91 Å². The number of sulfonamides is 1. The van der Waals surface area contributed by atoms with Gasteiger partial charge in [-0.25, -0.2) is 21.7 Å². The number of aromatic nitrogens is 2. The Morgan fingerprint density at radius 2 is 1.83 bits per heavy atom. The molecule has 0 saturated heterocycles. The van der Waals surface area contributed by atoms with E-state index in [1.807, 2.05) is 0 Å². The third kappa shape index (κ3) is 5.44. The van der Waals surface area contributed by atoms with Crippen LogP contribution in [-0.4, -0.2) is 54.4 Å². The first-order chi connectivity index (χ1) is 19.5. The van der Waals surface area contributed by atoms with Crippen molar-refractivity contribution in [2.24, 2.45) is 0 Å². The van der Waals surface area contributed by atoms with E-state index in [1.54, 1.807) is 12.1 Å². The molecule has 0 aliphatic rings. The Balaban J connectivity index is 1.75. The number of benzene rings is 2. The molecule has 5 rings (SSSR count). The topological polar surface area (TPSA) is 137 Å². The molecule has 10 nitrogen and oxygen atoms in total. The first-order valence-corrected chi connectivity index (χ1v) is 14.0. The van der Waals surface area contributed by atoms with Crippen LogP contribution in [0.2, 0.25) is 0 Å². The number of furan rings is 1. The Morgan fingerprint density at radius 1 is 1.10 bits per heavy atom. The van der Waals surface area contributed by atoms with E-state index in [-0.39, 0.29) is 34.5 Å². The van der Waals surface area contributed by atoms with E-state index in [4.69, 9.17) is 4.42 Å². The van der Waals surface area contributed by atoms with E-state index in [0.717, 1.165) is 22.7 Å². The molecule has 0 fully saturated rings. The molecule has 210 valence electrons. The van der Waals surface area contributed by atoms with Gasteiger partial charge in [0.1, 0.15) is 17.3 Å². The second-order valence-corrected chi connectivity index (χ2v) is 11.1. The number of carbonyl (C=O) groups excluding carboxylic acids is 1. The van der Waals surface area contributed by atoms with Gasteiger partial charge in [-0.3, -0.25) is 9.10 Å². The Labute approximate surface area is 233 Å². The van der Waals surface area contributed by atoms with Crippen LogP contribution in [0.15, 0.2) is 77.7 Å². The van der Waals surface area contributed by atoms with Crippen LogP contribution in [0.25, 0.3) is 27.9 Å². The number of halogens is 2. The summed E-state index contributed by atoms with van der Waals surface area (Å²) in [6, 6.07) is 12.2. The van der Waals surface area contributed by atoms with Crippen molar-refractivity contribution in [1.29, 1.82) is 0 Å². The number of hydrogen-bond acceptors (Lipinski definition) is 7. The number of nitrogens with one attached hydrogen (secondary N) is 1. The van der Waals surface area contributed by atoms with Gasteiger partial charge in [-0.05, 0) is 48.0 Å². The van der Waals surface area contributed by atoms with E-state index >= 15 is 0 Å². The molecule has 1 amide bonds. The van der Waals surface area contributed by atoms with Gasteiger partial charge in [-0.15, -0.1) is 0 Å². The van der Waals surface area contributed by atoms with Crippen LogP contribution in [0.5, 0.6) is 0 Å². The van der Waals surface area contributed by atoms with E-state index in [2.05, 4.69) is 10.4 Å². The summed E-state index contributed by atoms with van der Waals surface area (Å²) in [6.45, 7) is -0.317. The first kappa shape index (κ1) is 28.0. The maximum Gasteiger partial charge on any atom is 0.491 e. The van der Waals surface area contributed by atoms with Gasteiger partial charge in [0, 0.05) is 29.2 Å². The van der Waals surface area contributed by atoms with Crippen molar-refractivity contribution in [1.82, 2.24) is 14.9 Å². The highest BCUT2D eigenvalue weighted by atomic mass is 32.2. The molecule has 3 N–H and O–H groups in total. The number of amides is 1. The van der Waals surface area contributed by atoms with Crippen molar-refractivity contribution in [2.45, 2.75) is 6.54 Å². The lowest BCUT2D eigenvalue weighted by atomic mass is 9.79. The van der Waals surface area contributed by atoms with Gasteiger partial charge < -0.3 is 19.8 Å². The zero-order valence-corrected chi connectivity index (χ0v) is 22.6. The molecule has 3 aromatic heterocycles. The van der Waals surface area contributed by atoms with Gasteiger partial charge >= 0.3 is 7.12 Å². The summed E-state index contributed by atoms with van der Waals surface area (Å²) in [5.41, 5.74) is 2.10. The standard InChI is InChI=1S/C27H23BF2N4O6S/c1-31-27(35)25-23-12-20(18-9-10-40-15-18)24(14-33(23)32-26(25)17-4-6-19(29)7-5-17)34(41(2,38)39)13-16-3-8-21(28(36)37)22(30)11-16/h3-12,14-15,36-37H,13H2,1-2H3,(H,31,35). The lowest BCUT2D eigenvalue weighted by Crippen LogP contribution is -2.34. The van der Waals surface area contributed by atoms with Crippen LogP contribution in [0, 0.1) is 11.6 Å². The van der Waals surface area contributed by atoms with Crippen molar-refractivity contribution < 1.29 is 36.5 Å². The summed E-state index contributed by atoms with van der Waals surface area (Å²) < 4.78 is 62.1. The molecule has 0 aliphatic carbocycles. The normalized spacial score (nSPS) is 11.6. The quantitative estimate of drug-likeness (QED) is 0.240. The van der Waals surface area contributed by atoms with E-state index < -0.39 is 34.7 Å². The number of hydrogen-bond donors (Lipinski definition) is 3. The average Bonchev–Trinajstić information content (AvgIpc) is 3.58. The van der Waals surface area contributed by atoms with Crippen LogP contribution >= 0.6 is 0 Å². The number of pyridine rings is 1. The molecular weight excluding hydrogens is 557 g/mol. The molecule has 3 heterocycles. The Morgan fingerprint density at radius 3 is 2.41 bits per heavy atom. The van der Waals surface area contributed by atoms with Gasteiger partial charge in [0.2, 0.25) is 10.0 Å². The van der Waals surface area contributed by atoms with Crippen LogP contribution in [0.4, 0.5) is 14.5 Å². The summed E-state index contributed by atoms with van der Waals surface area (Å²) in [6.07, 6.45) is 5.23. The van der Waals surface area contributed by atoms with Crippen LogP contribution in [0.3, 0.4) is 0 Å². The second kappa shape index (κ2) is 10.8. The van der Waals surface area contributed by atoms with Crippen LogP contribution < -0.4 is 15.1 Å². The third-order valence-corrected chi connectivity index (χ3v) is 7.62. The molecule has 14 heteroatoms. The SMILES string of the molecule is CNC(=O)c1c(-c2ccc(F)cc2)nn2cc(N(Cc3ccc(B(O)O)c(F)c3)S(C)(=O)=O)c(-c3ccoc3)cc12. The molecule has 0 saturated carbocycles. The average molecular weight is 580 g/mol. The molecule has 0 atom stereocenters. The summed E-state index contributed by atoms with van der Waals surface area (Å²) in [4.78, 5) is 13.0. The maximum absolute atomic E-state index is 14.5. The fraction of sp³-hybridized carbons (Fsp3) is 0.111. The van der Waals surface area contributed by atoms with Crippen molar-refractivity contribution in [3.63, 3.8) is 0 Å². The van der Waals surface area contributed by atoms with Crippen LogP contribution in [0.1, 0.15) is 15.9 Å². The third-order valence-electron chi connectivity index (χ3n) is 6.49. The minimum absolute atomic E-state index is 0.143. The maximum atomic E-state index is 14.5. The predicted molar refractivity (Wildman–Crippen MR) is 149 cm³/mol. The summed E-state index contributed by atoms with van der Waals surface area (Å²) in [7, 11) is -4.58. The van der Waals surface area contributed by atoms with E-state index in [9.17, 15) is 32.0 Å². The minimum Gasteiger partial charge on any atom is -0.472 e. The van der Waals surface area contributed by atoms with Crippen LogP contribution in [-0.2, 0) is 16.6 Å². The van der Waals surface area contributed by atoms with Crippen molar-refractivity contribution in [3.8, 4) is 22.4 Å². The molecule has 0 unspecified atom stereocenters. The number of carbonyl (C=O) groups is 1. The fourth-order valence-corrected chi connectivity index (χ4v) is 5.40. The van der Waals surface area contributed by atoms with Gasteiger partial charge in [0.05, 0.1) is 48.3 Å². The summed E-state index contributed by atoms with van der Waals surface area (Å²) in [5.74, 6) is -1.85. The molecule has 0 aliphatic heterocycles. The van der Waals surface area contributed by atoms with Gasteiger partial charge in [-0.1, -0.05) is 12.1 Å². The molecule has 0 bridgehead atoms. The number of fused-ring (bicyclic) bond motifs is 1. The molecule has 5 aromatic rings. The lowest BCUT2D eigenvalue weighted by Gasteiger charge is -2.25. The van der Waals surface area contributed by atoms with Crippen molar-refractivity contribution >= 4 is 39.7 Å². The smallest absolute Gasteiger partial charge is 0.472 e. The molecular formula is C27H23BF2N4O6S. The number of rotatable bonds is 8. The van der Waals surface area contributed by atoms with Crippen molar-refractivity contribution in [3.05, 3.63) is 96.1 Å². The summed E-state index contributed by atoms with van der Waals surface area (Å²) >= 11 is 0. The van der Waals surface area contributed by atoms with Crippen molar-refractivity contribution in [2.75, 3.05) is 17.6 Å². The molecule has 0 radical (unpaired) electrons. The highest BCUT2D eigenvalue weighted by molar-refractivity contribution is 7.92. The second-order valence-electron chi connectivity index (χ2n) is 9.22. The monoisotopic (exact) mass is 580 g/mol. The Bertz CT molecular complexity index is 1860. The zero-order chi connectivity index (χ0) is 29.5.